The Kier molecular flexibility index (Phi) is 5.56. The lowest BCUT2D eigenvalue weighted by Gasteiger charge is -2.19. The summed E-state index contributed by atoms with van der Waals surface area (Å²) >= 11 is 0. The van der Waals surface area contributed by atoms with E-state index in [0.717, 1.165) is 13.0 Å². The van der Waals surface area contributed by atoms with Gasteiger partial charge in [-0.05, 0) is 13.3 Å². The van der Waals surface area contributed by atoms with Crippen LogP contribution in [-0.2, 0) is 0 Å². The first kappa shape index (κ1) is 10.2. The largest absolute Gasteiger partial charge is 0.376 e. The third-order valence-corrected chi connectivity index (χ3v) is 1.39. The molecule has 66 valence electrons. The number of carbonyl (C=O) groups is 1. The molecule has 0 aliphatic carbocycles. The van der Waals surface area contributed by atoms with E-state index >= 15 is 0 Å². The molecule has 0 aromatic carbocycles. The van der Waals surface area contributed by atoms with Crippen molar-refractivity contribution in [2.45, 2.75) is 20.3 Å². The number of urea groups is 1. The lowest BCUT2D eigenvalue weighted by molar-refractivity contribution is 0.182. The van der Waals surface area contributed by atoms with Crippen LogP contribution in [0.3, 0.4) is 0 Å². The molecule has 11 heavy (non-hydrogen) atoms. The number of hydrogen-bond acceptors (Lipinski definition) is 2. The number of aliphatic hydroxyl groups is 1. The number of hydrogen-bond donors (Lipinski definition) is 2. The van der Waals surface area contributed by atoms with Gasteiger partial charge in [0.05, 0.1) is 0 Å². The van der Waals surface area contributed by atoms with E-state index in [0.29, 0.717) is 6.54 Å². The van der Waals surface area contributed by atoms with Gasteiger partial charge in [-0.25, -0.2) is 4.79 Å². The van der Waals surface area contributed by atoms with Gasteiger partial charge in [-0.2, -0.15) is 0 Å². The molecule has 4 heteroatoms. The summed E-state index contributed by atoms with van der Waals surface area (Å²) in [6.45, 7) is 5.04. The summed E-state index contributed by atoms with van der Waals surface area (Å²) in [6.07, 6.45) is 0.937. The van der Waals surface area contributed by atoms with E-state index in [4.69, 9.17) is 5.11 Å². The zero-order chi connectivity index (χ0) is 8.69. The molecule has 0 rings (SSSR count). The third-order valence-electron chi connectivity index (χ3n) is 1.39. The maximum absolute atomic E-state index is 11.0. The molecule has 4 nitrogen and oxygen atoms in total. The minimum absolute atomic E-state index is 0.197. The van der Waals surface area contributed by atoms with Crippen molar-refractivity contribution in [1.82, 2.24) is 10.2 Å². The number of amides is 2. The van der Waals surface area contributed by atoms with E-state index in [-0.39, 0.29) is 12.8 Å². The molecule has 0 aromatic rings. The van der Waals surface area contributed by atoms with Gasteiger partial charge < -0.3 is 15.3 Å². The smallest absolute Gasteiger partial charge is 0.319 e. The average molecular weight is 160 g/mol. The minimum atomic E-state index is -0.293. The molecule has 0 bridgehead atoms. The molecule has 0 unspecified atom stereocenters. The van der Waals surface area contributed by atoms with Gasteiger partial charge in [0.2, 0.25) is 0 Å². The molecule has 0 saturated carbocycles. The molecule has 0 heterocycles. The zero-order valence-electron chi connectivity index (χ0n) is 7.13. The monoisotopic (exact) mass is 160 g/mol. The molecular weight excluding hydrogens is 144 g/mol. The molecule has 0 spiro atoms. The molecule has 0 aromatic heterocycles. The van der Waals surface area contributed by atoms with Crippen molar-refractivity contribution in [2.75, 3.05) is 19.8 Å². The molecule has 0 aliphatic heterocycles. The summed E-state index contributed by atoms with van der Waals surface area (Å²) in [7, 11) is 0. The second-order valence-electron chi connectivity index (χ2n) is 2.22. The molecular formula is C7H16N2O2. The Labute approximate surface area is 67.2 Å². The standard InChI is InChI=1S/C7H16N2O2/c1-3-5-9(4-2)7(11)8-6-10/h10H,3-6H2,1-2H3,(H,8,11). The fraction of sp³-hybridized carbons (Fsp3) is 0.857. The highest BCUT2D eigenvalue weighted by Crippen LogP contribution is 1.90. The topological polar surface area (TPSA) is 52.6 Å². The Bertz CT molecular complexity index is 117. The van der Waals surface area contributed by atoms with Gasteiger partial charge in [0, 0.05) is 13.1 Å². The van der Waals surface area contributed by atoms with Gasteiger partial charge in [0.15, 0.2) is 0 Å². The van der Waals surface area contributed by atoms with Crippen molar-refractivity contribution in [3.8, 4) is 0 Å². The van der Waals surface area contributed by atoms with Gasteiger partial charge in [-0.3, -0.25) is 0 Å². The maximum atomic E-state index is 11.0. The van der Waals surface area contributed by atoms with E-state index < -0.39 is 0 Å². The van der Waals surface area contributed by atoms with Gasteiger partial charge in [-0.15, -0.1) is 0 Å². The molecule has 0 atom stereocenters. The van der Waals surface area contributed by atoms with Crippen LogP contribution in [-0.4, -0.2) is 35.9 Å². The number of nitrogens with one attached hydrogen (secondary N) is 1. The molecule has 2 N–H and O–H groups in total. The fourth-order valence-electron chi connectivity index (χ4n) is 0.853. The normalized spacial score (nSPS) is 9.36. The van der Waals surface area contributed by atoms with Crippen LogP contribution in [0.25, 0.3) is 0 Å². The first-order valence-corrected chi connectivity index (χ1v) is 3.89. The van der Waals surface area contributed by atoms with E-state index in [1.165, 1.54) is 0 Å². The van der Waals surface area contributed by atoms with E-state index in [1.807, 2.05) is 13.8 Å². The van der Waals surface area contributed by atoms with Gasteiger partial charge in [-0.1, -0.05) is 6.92 Å². The molecule has 0 aliphatic rings. The van der Waals surface area contributed by atoms with Crippen molar-refractivity contribution in [3.63, 3.8) is 0 Å². The summed E-state index contributed by atoms with van der Waals surface area (Å²) in [5, 5.41) is 10.7. The van der Waals surface area contributed by atoms with Crippen LogP contribution >= 0.6 is 0 Å². The van der Waals surface area contributed by atoms with Crippen LogP contribution in [0.2, 0.25) is 0 Å². The van der Waals surface area contributed by atoms with Crippen molar-refractivity contribution < 1.29 is 9.90 Å². The highest BCUT2D eigenvalue weighted by molar-refractivity contribution is 5.73. The first-order valence-electron chi connectivity index (χ1n) is 3.89. The Morgan fingerprint density at radius 2 is 2.18 bits per heavy atom. The Morgan fingerprint density at radius 1 is 1.55 bits per heavy atom. The Balaban J connectivity index is 3.71. The van der Waals surface area contributed by atoms with E-state index in [2.05, 4.69) is 5.32 Å². The predicted molar refractivity (Wildman–Crippen MR) is 43.2 cm³/mol. The summed E-state index contributed by atoms with van der Waals surface area (Å²) in [4.78, 5) is 12.7. The first-order chi connectivity index (χ1) is 5.26. The van der Waals surface area contributed by atoms with Gasteiger partial charge >= 0.3 is 6.03 Å². The van der Waals surface area contributed by atoms with Crippen molar-refractivity contribution in [1.29, 1.82) is 0 Å². The fourth-order valence-corrected chi connectivity index (χ4v) is 0.853. The van der Waals surface area contributed by atoms with Gasteiger partial charge in [0.25, 0.3) is 0 Å². The van der Waals surface area contributed by atoms with E-state index in [9.17, 15) is 4.79 Å². The zero-order valence-corrected chi connectivity index (χ0v) is 7.13. The quantitative estimate of drug-likeness (QED) is 0.584. The van der Waals surface area contributed by atoms with Crippen LogP contribution in [0.15, 0.2) is 0 Å². The molecule has 0 radical (unpaired) electrons. The summed E-state index contributed by atoms with van der Waals surface area (Å²) in [5.74, 6) is 0. The second-order valence-corrected chi connectivity index (χ2v) is 2.22. The van der Waals surface area contributed by atoms with Crippen LogP contribution in [0.1, 0.15) is 20.3 Å². The predicted octanol–water partition coefficient (Wildman–Crippen LogP) is 0.378. The van der Waals surface area contributed by atoms with Gasteiger partial charge in [0.1, 0.15) is 6.73 Å². The Morgan fingerprint density at radius 3 is 2.55 bits per heavy atom. The number of rotatable bonds is 4. The maximum Gasteiger partial charge on any atom is 0.319 e. The van der Waals surface area contributed by atoms with Crippen LogP contribution in [0.4, 0.5) is 4.79 Å². The van der Waals surface area contributed by atoms with Crippen molar-refractivity contribution in [3.05, 3.63) is 0 Å². The number of carbonyl (C=O) groups excluding carboxylic acids is 1. The minimum Gasteiger partial charge on any atom is -0.376 e. The molecule has 0 fully saturated rings. The summed E-state index contributed by atoms with van der Waals surface area (Å²) < 4.78 is 0. The lowest BCUT2D eigenvalue weighted by atomic mass is 10.4. The lowest BCUT2D eigenvalue weighted by Crippen LogP contribution is -2.40. The number of nitrogens with zero attached hydrogens (tertiary/aromatic N) is 1. The SMILES string of the molecule is CCCN(CC)C(=O)NCO. The van der Waals surface area contributed by atoms with Crippen molar-refractivity contribution >= 4 is 6.03 Å². The van der Waals surface area contributed by atoms with Crippen LogP contribution in [0.5, 0.6) is 0 Å². The molecule has 2 amide bonds. The van der Waals surface area contributed by atoms with E-state index in [1.54, 1.807) is 4.90 Å². The third kappa shape index (κ3) is 3.83. The van der Waals surface area contributed by atoms with Crippen molar-refractivity contribution in [2.24, 2.45) is 0 Å². The Hall–Kier alpha value is -0.770. The summed E-state index contributed by atoms with van der Waals surface area (Å²) in [6, 6.07) is -0.197. The molecule has 0 saturated heterocycles. The second kappa shape index (κ2) is 5.97. The average Bonchev–Trinajstić information content (AvgIpc) is 2.00. The highest BCUT2D eigenvalue weighted by Gasteiger charge is 2.07. The summed E-state index contributed by atoms with van der Waals surface area (Å²) in [5.41, 5.74) is 0. The van der Waals surface area contributed by atoms with Crippen LogP contribution < -0.4 is 5.32 Å². The van der Waals surface area contributed by atoms with Crippen LogP contribution in [0, 0.1) is 0 Å². The number of aliphatic hydroxyl groups excluding tert-OH is 1. The highest BCUT2D eigenvalue weighted by atomic mass is 16.3.